The van der Waals surface area contributed by atoms with E-state index in [1.54, 1.807) is 12.1 Å². The van der Waals surface area contributed by atoms with Crippen molar-refractivity contribution in [2.75, 3.05) is 37.8 Å². The minimum atomic E-state index is -0.247. The van der Waals surface area contributed by atoms with Gasteiger partial charge in [-0.2, -0.15) is 0 Å². The molecular weight excluding hydrogens is 254 g/mol. The molecular formula is C15H19N3O2. The molecule has 2 rings (SSSR count). The largest absolute Gasteiger partial charge is 0.459 e. The fourth-order valence-corrected chi connectivity index (χ4v) is 1.70. The molecule has 0 aliphatic rings. The Balaban J connectivity index is 1.87. The Kier molecular flexibility index (Phi) is 4.79. The lowest BCUT2D eigenvalue weighted by Gasteiger charge is -2.11. The van der Waals surface area contributed by atoms with Crippen molar-refractivity contribution in [3.63, 3.8) is 0 Å². The predicted molar refractivity (Wildman–Crippen MR) is 80.1 cm³/mol. The van der Waals surface area contributed by atoms with Crippen LogP contribution in [0, 0.1) is 0 Å². The van der Waals surface area contributed by atoms with E-state index >= 15 is 0 Å². The molecule has 1 amide bonds. The summed E-state index contributed by atoms with van der Waals surface area (Å²) in [6, 6.07) is 10.9. The van der Waals surface area contributed by atoms with Crippen molar-refractivity contribution in [3.05, 3.63) is 48.4 Å². The third-order valence-electron chi connectivity index (χ3n) is 2.78. The van der Waals surface area contributed by atoms with Crippen LogP contribution in [0.15, 0.2) is 47.1 Å². The summed E-state index contributed by atoms with van der Waals surface area (Å²) in [5.41, 5.74) is 1.77. The molecule has 0 saturated carbocycles. The lowest BCUT2D eigenvalue weighted by molar-refractivity contribution is 0.0996. The number of nitrogens with one attached hydrogen (secondary N) is 2. The van der Waals surface area contributed by atoms with Crippen LogP contribution in [0.2, 0.25) is 0 Å². The molecule has 106 valence electrons. The van der Waals surface area contributed by atoms with Gasteiger partial charge in [0.25, 0.3) is 5.91 Å². The molecule has 1 aromatic carbocycles. The van der Waals surface area contributed by atoms with Crippen LogP contribution in [0.5, 0.6) is 0 Å². The lowest BCUT2D eigenvalue weighted by atomic mass is 10.2. The molecule has 2 N–H and O–H groups in total. The zero-order chi connectivity index (χ0) is 14.4. The van der Waals surface area contributed by atoms with Crippen LogP contribution in [0.3, 0.4) is 0 Å². The molecule has 20 heavy (non-hydrogen) atoms. The Morgan fingerprint density at radius 2 is 1.85 bits per heavy atom. The van der Waals surface area contributed by atoms with E-state index in [1.165, 1.54) is 6.26 Å². The zero-order valence-electron chi connectivity index (χ0n) is 11.7. The van der Waals surface area contributed by atoms with Crippen molar-refractivity contribution in [2.45, 2.75) is 0 Å². The van der Waals surface area contributed by atoms with Gasteiger partial charge in [0, 0.05) is 24.5 Å². The zero-order valence-corrected chi connectivity index (χ0v) is 11.7. The maximum absolute atomic E-state index is 11.8. The van der Waals surface area contributed by atoms with Crippen molar-refractivity contribution < 1.29 is 9.21 Å². The highest BCUT2D eigenvalue weighted by molar-refractivity contribution is 6.02. The number of hydrogen-bond donors (Lipinski definition) is 2. The van der Waals surface area contributed by atoms with Gasteiger partial charge in [0.2, 0.25) is 0 Å². The summed E-state index contributed by atoms with van der Waals surface area (Å²) in [5.74, 6) is 0.0569. The summed E-state index contributed by atoms with van der Waals surface area (Å²) >= 11 is 0. The number of nitrogens with zero attached hydrogens (tertiary/aromatic N) is 1. The Hall–Kier alpha value is -2.27. The maximum Gasteiger partial charge on any atom is 0.291 e. The normalized spacial score (nSPS) is 10.6. The molecule has 1 heterocycles. The highest BCUT2D eigenvalue weighted by Crippen LogP contribution is 2.14. The molecule has 0 aliphatic heterocycles. The summed E-state index contributed by atoms with van der Waals surface area (Å²) < 4.78 is 5.04. The van der Waals surface area contributed by atoms with Gasteiger partial charge < -0.3 is 20.0 Å². The van der Waals surface area contributed by atoms with Gasteiger partial charge in [-0.1, -0.05) is 0 Å². The molecule has 0 atom stereocenters. The average Bonchev–Trinajstić information content (AvgIpc) is 2.94. The monoisotopic (exact) mass is 273 g/mol. The summed E-state index contributed by atoms with van der Waals surface area (Å²) in [6.45, 7) is 1.85. The first-order valence-corrected chi connectivity index (χ1v) is 6.48. The van der Waals surface area contributed by atoms with Crippen molar-refractivity contribution in [3.8, 4) is 0 Å². The van der Waals surface area contributed by atoms with Crippen LogP contribution >= 0.6 is 0 Å². The molecule has 5 nitrogen and oxygen atoms in total. The predicted octanol–water partition coefficient (Wildman–Crippen LogP) is 2.51. The fraction of sp³-hybridized carbons (Fsp3) is 0.267. The third kappa shape index (κ3) is 4.13. The Bertz CT molecular complexity index is 533. The highest BCUT2D eigenvalue weighted by Gasteiger charge is 2.08. The Labute approximate surface area is 118 Å². The second-order valence-corrected chi connectivity index (χ2v) is 4.74. The molecule has 0 fully saturated rings. The molecule has 5 heteroatoms. The molecule has 0 bridgehead atoms. The number of furan rings is 1. The quantitative estimate of drug-likeness (QED) is 0.849. The van der Waals surface area contributed by atoms with Crippen LogP contribution in [0.4, 0.5) is 11.4 Å². The number of carbonyl (C=O) groups is 1. The topological polar surface area (TPSA) is 57.5 Å². The summed E-state index contributed by atoms with van der Waals surface area (Å²) in [6.07, 6.45) is 1.48. The molecule has 2 aromatic rings. The number of rotatable bonds is 6. The van der Waals surface area contributed by atoms with E-state index in [9.17, 15) is 4.79 Å². The minimum Gasteiger partial charge on any atom is -0.459 e. The molecule has 0 radical (unpaired) electrons. The van der Waals surface area contributed by atoms with Gasteiger partial charge in [0.15, 0.2) is 5.76 Å². The lowest BCUT2D eigenvalue weighted by Crippen LogP contribution is -2.20. The van der Waals surface area contributed by atoms with E-state index in [2.05, 4.69) is 15.5 Å². The van der Waals surface area contributed by atoms with Crippen LogP contribution in [0.1, 0.15) is 10.6 Å². The molecule has 0 spiro atoms. The van der Waals surface area contributed by atoms with Gasteiger partial charge >= 0.3 is 0 Å². The first kappa shape index (κ1) is 14.1. The Morgan fingerprint density at radius 1 is 1.15 bits per heavy atom. The minimum absolute atomic E-state index is 0.247. The number of hydrogen-bond acceptors (Lipinski definition) is 4. The number of amides is 1. The smallest absolute Gasteiger partial charge is 0.291 e. The third-order valence-corrected chi connectivity index (χ3v) is 2.78. The van der Waals surface area contributed by atoms with Crippen LogP contribution in [0.25, 0.3) is 0 Å². The van der Waals surface area contributed by atoms with Crippen LogP contribution in [-0.2, 0) is 0 Å². The molecule has 0 saturated heterocycles. The van der Waals surface area contributed by atoms with Gasteiger partial charge in [-0.15, -0.1) is 0 Å². The van der Waals surface area contributed by atoms with E-state index in [0.29, 0.717) is 5.76 Å². The van der Waals surface area contributed by atoms with Crippen LogP contribution < -0.4 is 10.6 Å². The fourth-order valence-electron chi connectivity index (χ4n) is 1.70. The first-order valence-electron chi connectivity index (χ1n) is 6.48. The van der Waals surface area contributed by atoms with Gasteiger partial charge in [-0.05, 0) is 50.5 Å². The van der Waals surface area contributed by atoms with Gasteiger partial charge in [0.1, 0.15) is 0 Å². The standard InChI is InChI=1S/C15H19N3O2/c1-18(2)10-9-16-12-5-7-13(8-6-12)17-15(19)14-4-3-11-20-14/h3-8,11,16H,9-10H2,1-2H3,(H,17,19). The number of benzene rings is 1. The van der Waals surface area contributed by atoms with E-state index in [1.807, 2.05) is 38.4 Å². The average molecular weight is 273 g/mol. The van der Waals surface area contributed by atoms with Gasteiger partial charge in [-0.3, -0.25) is 4.79 Å². The van der Waals surface area contributed by atoms with Crippen molar-refractivity contribution >= 4 is 17.3 Å². The highest BCUT2D eigenvalue weighted by atomic mass is 16.3. The van der Waals surface area contributed by atoms with E-state index in [-0.39, 0.29) is 5.91 Å². The maximum atomic E-state index is 11.8. The van der Waals surface area contributed by atoms with Crippen molar-refractivity contribution in [2.24, 2.45) is 0 Å². The van der Waals surface area contributed by atoms with E-state index in [4.69, 9.17) is 4.42 Å². The van der Waals surface area contributed by atoms with Crippen LogP contribution in [-0.4, -0.2) is 38.0 Å². The van der Waals surface area contributed by atoms with E-state index in [0.717, 1.165) is 24.5 Å². The molecule has 0 unspecified atom stereocenters. The number of carbonyl (C=O) groups excluding carboxylic acids is 1. The molecule has 0 aliphatic carbocycles. The number of likely N-dealkylation sites (N-methyl/N-ethyl adjacent to an activating group) is 1. The SMILES string of the molecule is CN(C)CCNc1ccc(NC(=O)c2ccco2)cc1. The first-order chi connectivity index (χ1) is 9.65. The summed E-state index contributed by atoms with van der Waals surface area (Å²) in [4.78, 5) is 13.9. The number of anilines is 2. The van der Waals surface area contributed by atoms with Gasteiger partial charge in [0.05, 0.1) is 6.26 Å². The summed E-state index contributed by atoms with van der Waals surface area (Å²) in [5, 5.41) is 6.09. The van der Waals surface area contributed by atoms with Gasteiger partial charge in [-0.25, -0.2) is 0 Å². The Morgan fingerprint density at radius 3 is 2.45 bits per heavy atom. The van der Waals surface area contributed by atoms with Crippen molar-refractivity contribution in [1.29, 1.82) is 0 Å². The second-order valence-electron chi connectivity index (χ2n) is 4.74. The second kappa shape index (κ2) is 6.77. The van der Waals surface area contributed by atoms with Crippen molar-refractivity contribution in [1.82, 2.24) is 4.90 Å². The summed E-state index contributed by atoms with van der Waals surface area (Å²) in [7, 11) is 4.07. The molecule has 1 aromatic heterocycles. The van der Waals surface area contributed by atoms with E-state index < -0.39 is 0 Å².